The van der Waals surface area contributed by atoms with Gasteiger partial charge in [0.1, 0.15) is 11.3 Å². The summed E-state index contributed by atoms with van der Waals surface area (Å²) < 4.78 is 27.1. The van der Waals surface area contributed by atoms with Gasteiger partial charge >= 0.3 is 0 Å². The highest BCUT2D eigenvalue weighted by Gasteiger charge is 2.24. The quantitative estimate of drug-likeness (QED) is 0.772. The van der Waals surface area contributed by atoms with Crippen LogP contribution in [0.1, 0.15) is 5.56 Å². The predicted molar refractivity (Wildman–Crippen MR) is 93.5 cm³/mol. The fraction of sp³-hybridized carbons (Fsp3) is 0.118. The highest BCUT2D eigenvalue weighted by atomic mass is 35.5. The van der Waals surface area contributed by atoms with E-state index in [1.807, 2.05) is 6.07 Å². The van der Waals surface area contributed by atoms with Crippen molar-refractivity contribution in [3.8, 4) is 5.75 Å². The van der Waals surface area contributed by atoms with Crippen LogP contribution in [0.5, 0.6) is 5.75 Å². The summed E-state index contributed by atoms with van der Waals surface area (Å²) in [6, 6.07) is 13.0. The van der Waals surface area contributed by atoms with E-state index in [9.17, 15) is 13.5 Å². The topological polar surface area (TPSA) is 70.5 Å². The van der Waals surface area contributed by atoms with Gasteiger partial charge in [0, 0.05) is 30.2 Å². The second-order valence-corrected chi connectivity index (χ2v) is 7.82. The lowest BCUT2D eigenvalue weighted by Gasteiger charge is -2.18. The van der Waals surface area contributed by atoms with E-state index in [4.69, 9.17) is 11.6 Å². The summed E-state index contributed by atoms with van der Waals surface area (Å²) in [6.45, 7) is 0.186. The van der Waals surface area contributed by atoms with E-state index in [-0.39, 0.29) is 22.7 Å². The Morgan fingerprint density at radius 2 is 1.96 bits per heavy atom. The summed E-state index contributed by atoms with van der Waals surface area (Å²) in [6.07, 6.45) is 1.51. The second kappa shape index (κ2) is 6.39. The first-order valence-corrected chi connectivity index (χ1v) is 8.99. The van der Waals surface area contributed by atoms with Gasteiger partial charge in [-0.2, -0.15) is 4.31 Å². The zero-order valence-corrected chi connectivity index (χ0v) is 14.4. The summed E-state index contributed by atoms with van der Waals surface area (Å²) in [5.74, 6) is -0.0537. The Hall–Kier alpha value is -2.15. The third-order valence-electron chi connectivity index (χ3n) is 3.69. The number of rotatable bonds is 4. The Balaban J connectivity index is 2.03. The minimum absolute atomic E-state index is 0.0537. The van der Waals surface area contributed by atoms with Crippen LogP contribution in [0.3, 0.4) is 0 Å². The molecule has 0 saturated heterocycles. The maximum Gasteiger partial charge on any atom is 0.243 e. The molecule has 7 heteroatoms. The average molecular weight is 363 g/mol. The number of aromatic nitrogens is 1. The molecular formula is C17H15ClN2O3S. The van der Waals surface area contributed by atoms with Crippen molar-refractivity contribution in [3.05, 3.63) is 65.3 Å². The number of nitrogens with zero attached hydrogens (tertiary/aromatic N) is 2. The smallest absolute Gasteiger partial charge is 0.243 e. The molecule has 0 bridgehead atoms. The standard InChI is InChI=1S/C17H15ClN2O3S/c1-20(11-12-4-2-5-13(18)10-12)24(22,23)16-8-7-15(21)17-14(16)6-3-9-19-17/h2-10,21H,11H2,1H3. The van der Waals surface area contributed by atoms with Crippen molar-refractivity contribution >= 4 is 32.5 Å². The molecule has 0 fully saturated rings. The average Bonchev–Trinajstić information content (AvgIpc) is 2.55. The lowest BCUT2D eigenvalue weighted by molar-refractivity contribution is 0.466. The van der Waals surface area contributed by atoms with Gasteiger partial charge in [0.25, 0.3) is 0 Å². The summed E-state index contributed by atoms with van der Waals surface area (Å²) >= 11 is 5.95. The van der Waals surface area contributed by atoms with E-state index in [2.05, 4.69) is 4.98 Å². The number of hydrogen-bond donors (Lipinski definition) is 1. The molecule has 0 atom stereocenters. The molecule has 0 aliphatic heterocycles. The Morgan fingerprint density at radius 1 is 1.17 bits per heavy atom. The van der Waals surface area contributed by atoms with Gasteiger partial charge in [-0.1, -0.05) is 23.7 Å². The van der Waals surface area contributed by atoms with Gasteiger partial charge in [-0.05, 0) is 42.0 Å². The van der Waals surface area contributed by atoms with Crippen molar-refractivity contribution in [2.24, 2.45) is 0 Å². The number of fused-ring (bicyclic) bond motifs is 1. The number of phenols is 1. The van der Waals surface area contributed by atoms with Crippen LogP contribution >= 0.6 is 11.6 Å². The molecule has 0 aliphatic rings. The molecule has 3 rings (SSSR count). The van der Waals surface area contributed by atoms with E-state index in [0.29, 0.717) is 10.4 Å². The fourth-order valence-corrected chi connectivity index (χ4v) is 4.05. The van der Waals surface area contributed by atoms with Crippen LogP contribution in [0.4, 0.5) is 0 Å². The van der Waals surface area contributed by atoms with E-state index in [1.165, 1.54) is 29.7 Å². The number of pyridine rings is 1. The van der Waals surface area contributed by atoms with Gasteiger partial charge in [-0.15, -0.1) is 0 Å². The van der Waals surface area contributed by atoms with E-state index >= 15 is 0 Å². The third kappa shape index (κ3) is 3.08. The zero-order valence-electron chi connectivity index (χ0n) is 12.8. The van der Waals surface area contributed by atoms with Crippen LogP contribution in [-0.2, 0) is 16.6 Å². The van der Waals surface area contributed by atoms with Crippen molar-refractivity contribution in [2.75, 3.05) is 7.05 Å². The maximum absolute atomic E-state index is 12.9. The van der Waals surface area contributed by atoms with Gasteiger partial charge in [0.2, 0.25) is 10.0 Å². The van der Waals surface area contributed by atoms with Crippen molar-refractivity contribution in [1.29, 1.82) is 0 Å². The molecular weight excluding hydrogens is 348 g/mol. The first kappa shape index (κ1) is 16.7. The van der Waals surface area contributed by atoms with Crippen molar-refractivity contribution in [1.82, 2.24) is 9.29 Å². The molecule has 0 saturated carbocycles. The number of phenolic OH excluding ortho intramolecular Hbond substituents is 1. The normalized spacial score (nSPS) is 12.0. The fourth-order valence-electron chi connectivity index (χ4n) is 2.50. The summed E-state index contributed by atoms with van der Waals surface area (Å²) in [5.41, 5.74) is 1.05. The van der Waals surface area contributed by atoms with Crippen LogP contribution in [-0.4, -0.2) is 29.9 Å². The van der Waals surface area contributed by atoms with E-state index in [1.54, 1.807) is 30.3 Å². The van der Waals surface area contributed by atoms with Crippen LogP contribution in [0.15, 0.2) is 59.6 Å². The minimum atomic E-state index is -3.75. The van der Waals surface area contributed by atoms with Crippen LogP contribution in [0.25, 0.3) is 10.9 Å². The number of sulfonamides is 1. The number of benzene rings is 2. The Kier molecular flexibility index (Phi) is 4.45. The molecule has 0 radical (unpaired) electrons. The van der Waals surface area contributed by atoms with Crippen molar-refractivity contribution in [3.63, 3.8) is 0 Å². The summed E-state index contributed by atoms with van der Waals surface area (Å²) in [5, 5.41) is 10.8. The monoisotopic (exact) mass is 362 g/mol. The minimum Gasteiger partial charge on any atom is -0.506 e. The second-order valence-electron chi connectivity index (χ2n) is 5.37. The Bertz CT molecular complexity index is 1010. The lowest BCUT2D eigenvalue weighted by atomic mass is 10.2. The SMILES string of the molecule is CN(Cc1cccc(Cl)c1)S(=O)(=O)c1ccc(O)c2ncccc12. The molecule has 0 amide bonds. The lowest BCUT2D eigenvalue weighted by Crippen LogP contribution is -2.26. The molecule has 0 unspecified atom stereocenters. The molecule has 24 heavy (non-hydrogen) atoms. The Morgan fingerprint density at radius 3 is 2.71 bits per heavy atom. The van der Waals surface area contributed by atoms with Gasteiger partial charge < -0.3 is 5.11 Å². The van der Waals surface area contributed by atoms with Gasteiger partial charge in [0.15, 0.2) is 0 Å². The maximum atomic E-state index is 12.9. The molecule has 1 N–H and O–H groups in total. The van der Waals surface area contributed by atoms with Crippen LogP contribution < -0.4 is 0 Å². The van der Waals surface area contributed by atoms with E-state index < -0.39 is 10.0 Å². The predicted octanol–water partition coefficient (Wildman–Crippen LogP) is 3.41. The summed E-state index contributed by atoms with van der Waals surface area (Å²) in [4.78, 5) is 4.16. The number of halogens is 1. The first-order chi connectivity index (χ1) is 11.4. The molecule has 1 heterocycles. The number of aromatic hydroxyl groups is 1. The largest absolute Gasteiger partial charge is 0.506 e. The van der Waals surface area contributed by atoms with Gasteiger partial charge in [-0.25, -0.2) is 8.42 Å². The molecule has 0 spiro atoms. The van der Waals surface area contributed by atoms with Crippen molar-refractivity contribution in [2.45, 2.75) is 11.4 Å². The Labute approximate surface area is 145 Å². The molecule has 5 nitrogen and oxygen atoms in total. The van der Waals surface area contributed by atoms with Crippen molar-refractivity contribution < 1.29 is 13.5 Å². The molecule has 1 aromatic heterocycles. The van der Waals surface area contributed by atoms with E-state index in [0.717, 1.165) is 5.56 Å². The van der Waals surface area contributed by atoms with Gasteiger partial charge in [0.05, 0.1) is 4.90 Å². The molecule has 2 aromatic carbocycles. The zero-order chi connectivity index (χ0) is 17.3. The highest BCUT2D eigenvalue weighted by molar-refractivity contribution is 7.89. The molecule has 124 valence electrons. The highest BCUT2D eigenvalue weighted by Crippen LogP contribution is 2.30. The number of hydrogen-bond acceptors (Lipinski definition) is 4. The molecule has 3 aromatic rings. The first-order valence-electron chi connectivity index (χ1n) is 7.17. The molecule has 0 aliphatic carbocycles. The van der Waals surface area contributed by atoms with Gasteiger partial charge in [-0.3, -0.25) is 4.98 Å². The van der Waals surface area contributed by atoms with Crippen LogP contribution in [0.2, 0.25) is 5.02 Å². The third-order valence-corrected chi connectivity index (χ3v) is 5.79. The van der Waals surface area contributed by atoms with Crippen LogP contribution in [0, 0.1) is 0 Å². The summed E-state index contributed by atoms with van der Waals surface area (Å²) in [7, 11) is -2.25.